The fraction of sp³-hybridized carbons (Fsp3) is 0.190. The van der Waals surface area contributed by atoms with E-state index in [1.165, 1.54) is 24.4 Å². The lowest BCUT2D eigenvalue weighted by molar-refractivity contribution is -0.385. The van der Waals surface area contributed by atoms with Gasteiger partial charge in [-0.3, -0.25) is 19.5 Å². The molecule has 0 unspecified atom stereocenters. The van der Waals surface area contributed by atoms with Crippen molar-refractivity contribution in [1.29, 1.82) is 5.26 Å². The second-order valence-corrected chi connectivity index (χ2v) is 6.71. The number of aryl methyl sites for hydroxylation is 2. The monoisotopic (exact) mass is 405 g/mol. The molecule has 0 aliphatic carbocycles. The lowest BCUT2D eigenvalue weighted by atomic mass is 10.2. The number of carbonyl (C=O) groups is 1. The number of carbonyl (C=O) groups excluding carboxylic acids is 1. The van der Waals surface area contributed by atoms with E-state index in [1.54, 1.807) is 13.0 Å². The molecule has 0 bridgehead atoms. The maximum Gasteiger partial charge on any atom is 0.282 e. The van der Waals surface area contributed by atoms with Crippen LogP contribution < -0.4 is 5.43 Å². The number of hydrogen-bond acceptors (Lipinski definition) is 6. The second-order valence-electron chi connectivity index (χ2n) is 6.71. The summed E-state index contributed by atoms with van der Waals surface area (Å²) < 4.78 is 7.61. The topological polar surface area (TPSA) is 126 Å². The van der Waals surface area contributed by atoms with Gasteiger partial charge in [0.2, 0.25) is 5.88 Å². The van der Waals surface area contributed by atoms with Crippen molar-refractivity contribution in [2.45, 2.75) is 27.7 Å². The van der Waals surface area contributed by atoms with E-state index in [2.05, 4.69) is 16.6 Å². The van der Waals surface area contributed by atoms with Crippen LogP contribution in [0, 0.1) is 49.1 Å². The molecule has 30 heavy (non-hydrogen) atoms. The van der Waals surface area contributed by atoms with E-state index in [-0.39, 0.29) is 11.3 Å². The Morgan fingerprint density at radius 3 is 2.67 bits per heavy atom. The minimum atomic E-state index is -0.684. The number of furan rings is 1. The molecule has 0 radical (unpaired) electrons. The summed E-state index contributed by atoms with van der Waals surface area (Å²) in [5, 5.41) is 24.5. The van der Waals surface area contributed by atoms with E-state index >= 15 is 0 Å². The quantitative estimate of drug-likeness (QED) is 0.392. The first-order valence-corrected chi connectivity index (χ1v) is 9.02. The molecule has 9 heteroatoms. The first kappa shape index (κ1) is 20.5. The molecule has 3 aromatic rings. The zero-order chi connectivity index (χ0) is 22.0. The zero-order valence-corrected chi connectivity index (χ0v) is 16.9. The molecule has 0 saturated heterocycles. The maximum absolute atomic E-state index is 12.3. The van der Waals surface area contributed by atoms with Gasteiger partial charge in [0, 0.05) is 28.6 Å². The summed E-state index contributed by atoms with van der Waals surface area (Å²) in [5.74, 6) is 0.420. The van der Waals surface area contributed by atoms with Crippen molar-refractivity contribution < 1.29 is 14.1 Å². The largest absolute Gasteiger partial charge is 0.443 e. The summed E-state index contributed by atoms with van der Waals surface area (Å²) >= 11 is 0. The van der Waals surface area contributed by atoms with Gasteiger partial charge in [0.15, 0.2) is 0 Å². The van der Waals surface area contributed by atoms with Gasteiger partial charge in [-0.25, -0.2) is 5.43 Å². The molecule has 1 amide bonds. The van der Waals surface area contributed by atoms with Crippen molar-refractivity contribution in [3.05, 3.63) is 79.8 Å². The van der Waals surface area contributed by atoms with E-state index in [4.69, 9.17) is 4.42 Å². The van der Waals surface area contributed by atoms with Crippen LogP contribution in [0.15, 0.2) is 39.9 Å². The predicted molar refractivity (Wildman–Crippen MR) is 110 cm³/mol. The fourth-order valence-corrected chi connectivity index (χ4v) is 3.17. The smallest absolute Gasteiger partial charge is 0.282 e. The highest BCUT2D eigenvalue weighted by molar-refractivity contribution is 5.98. The Balaban J connectivity index is 1.88. The number of nitrogens with zero attached hydrogens (tertiary/aromatic N) is 4. The highest BCUT2D eigenvalue weighted by atomic mass is 16.6. The van der Waals surface area contributed by atoms with E-state index in [9.17, 15) is 20.2 Å². The molecule has 0 aliphatic heterocycles. The SMILES string of the molecule is Cc1oc(-n2c(C)cc(/C=N\NC(=O)c3ccccc3[N+](=O)[O-])c2C)c(C#N)c1C. The highest BCUT2D eigenvalue weighted by Gasteiger charge is 2.21. The standard InChI is InChI=1S/C21H19N5O4/c1-12-9-16(14(3)25(12)21-18(10-22)13(2)15(4)30-21)11-23-24-20(27)17-7-5-6-8-19(17)26(28)29/h5-9,11H,1-4H3,(H,24,27)/b23-11-. The third-order valence-corrected chi connectivity index (χ3v) is 4.87. The van der Waals surface area contributed by atoms with Crippen LogP contribution in [-0.4, -0.2) is 21.6 Å². The van der Waals surface area contributed by atoms with Crippen LogP contribution >= 0.6 is 0 Å². The van der Waals surface area contributed by atoms with Crippen LogP contribution in [0.2, 0.25) is 0 Å². The Hall–Kier alpha value is -4.19. The van der Waals surface area contributed by atoms with Gasteiger partial charge in [-0.2, -0.15) is 10.4 Å². The number of rotatable bonds is 5. The molecule has 0 atom stereocenters. The van der Waals surface area contributed by atoms with Crippen LogP contribution in [-0.2, 0) is 0 Å². The molecule has 2 aromatic heterocycles. The number of aromatic nitrogens is 1. The average molecular weight is 405 g/mol. The number of nitro benzene ring substituents is 1. The number of hydrogen-bond donors (Lipinski definition) is 1. The van der Waals surface area contributed by atoms with Gasteiger partial charge in [-0.1, -0.05) is 12.1 Å². The van der Waals surface area contributed by atoms with Gasteiger partial charge in [-0.05, 0) is 39.8 Å². The molecule has 0 spiro atoms. The van der Waals surface area contributed by atoms with Crippen molar-refractivity contribution in [1.82, 2.24) is 9.99 Å². The molecular formula is C21H19N5O4. The van der Waals surface area contributed by atoms with Crippen molar-refractivity contribution >= 4 is 17.8 Å². The molecular weight excluding hydrogens is 386 g/mol. The molecule has 3 rings (SSSR count). The van der Waals surface area contributed by atoms with Crippen LogP contribution in [0.1, 0.15) is 44.2 Å². The molecule has 0 saturated carbocycles. The third-order valence-electron chi connectivity index (χ3n) is 4.87. The minimum Gasteiger partial charge on any atom is -0.443 e. The number of para-hydroxylation sites is 1. The fourth-order valence-electron chi connectivity index (χ4n) is 3.17. The first-order valence-electron chi connectivity index (χ1n) is 9.02. The Bertz CT molecular complexity index is 1230. The number of benzene rings is 1. The number of amides is 1. The van der Waals surface area contributed by atoms with Crippen LogP contribution in [0.4, 0.5) is 5.69 Å². The van der Waals surface area contributed by atoms with E-state index in [1.807, 2.05) is 31.4 Å². The first-order chi connectivity index (χ1) is 14.3. The summed E-state index contributed by atoms with van der Waals surface area (Å²) in [6.45, 7) is 7.33. The lowest BCUT2D eigenvalue weighted by Gasteiger charge is -2.06. The predicted octanol–water partition coefficient (Wildman–Crippen LogP) is 3.85. The summed E-state index contributed by atoms with van der Waals surface area (Å²) in [6, 6.07) is 9.66. The van der Waals surface area contributed by atoms with E-state index in [0.717, 1.165) is 17.0 Å². The molecule has 2 heterocycles. The van der Waals surface area contributed by atoms with Crippen LogP contribution in [0.3, 0.4) is 0 Å². The van der Waals surface area contributed by atoms with Crippen molar-refractivity contribution in [3.8, 4) is 12.0 Å². The normalized spacial score (nSPS) is 10.9. The van der Waals surface area contributed by atoms with E-state index in [0.29, 0.717) is 22.8 Å². The summed E-state index contributed by atoms with van der Waals surface area (Å²) in [6.07, 6.45) is 1.44. The number of nitriles is 1. The van der Waals surface area contributed by atoms with Gasteiger partial charge in [0.1, 0.15) is 23.0 Å². The molecule has 0 aliphatic rings. The molecule has 0 fully saturated rings. The van der Waals surface area contributed by atoms with Crippen molar-refractivity contribution in [3.63, 3.8) is 0 Å². The van der Waals surface area contributed by atoms with Crippen LogP contribution in [0.5, 0.6) is 0 Å². The van der Waals surface area contributed by atoms with E-state index < -0.39 is 10.8 Å². The van der Waals surface area contributed by atoms with Crippen LogP contribution in [0.25, 0.3) is 5.88 Å². The Kier molecular flexibility index (Phi) is 5.51. The Morgan fingerprint density at radius 1 is 1.30 bits per heavy atom. The highest BCUT2D eigenvalue weighted by Crippen LogP contribution is 2.28. The number of nitro groups is 1. The van der Waals surface area contributed by atoms with Gasteiger partial charge >= 0.3 is 0 Å². The van der Waals surface area contributed by atoms with Crippen molar-refractivity contribution in [2.24, 2.45) is 5.10 Å². The summed E-state index contributed by atoms with van der Waals surface area (Å²) in [5.41, 5.74) is 5.47. The average Bonchev–Trinajstić information content (AvgIpc) is 3.15. The molecule has 152 valence electrons. The molecule has 1 aromatic carbocycles. The van der Waals surface area contributed by atoms with Gasteiger partial charge in [-0.15, -0.1) is 0 Å². The molecule has 9 nitrogen and oxygen atoms in total. The van der Waals surface area contributed by atoms with Crippen molar-refractivity contribution in [2.75, 3.05) is 0 Å². The Labute approximate surface area is 172 Å². The summed E-state index contributed by atoms with van der Waals surface area (Å²) in [4.78, 5) is 22.7. The van der Waals surface area contributed by atoms with Gasteiger partial charge in [0.25, 0.3) is 11.6 Å². The third kappa shape index (κ3) is 3.58. The van der Waals surface area contributed by atoms with Gasteiger partial charge < -0.3 is 4.42 Å². The maximum atomic E-state index is 12.3. The second kappa shape index (κ2) is 8.05. The lowest BCUT2D eigenvalue weighted by Crippen LogP contribution is -2.19. The summed E-state index contributed by atoms with van der Waals surface area (Å²) in [7, 11) is 0. The zero-order valence-electron chi connectivity index (χ0n) is 16.9. The number of nitrogens with one attached hydrogen (secondary N) is 1. The Morgan fingerprint density at radius 2 is 2.00 bits per heavy atom. The van der Waals surface area contributed by atoms with Gasteiger partial charge in [0.05, 0.1) is 11.1 Å². The minimum absolute atomic E-state index is 0.0784. The number of hydrazone groups is 1. The molecule has 1 N–H and O–H groups in total.